The standard InChI is InChI=1S/C11H12O2/c12-8-1-2-10-3-5-11(6-4-10)7-9-13/h3-6,12-13H,7-9H2. The summed E-state index contributed by atoms with van der Waals surface area (Å²) >= 11 is 0. The van der Waals surface area contributed by atoms with Gasteiger partial charge in [-0.15, -0.1) is 0 Å². The highest BCUT2D eigenvalue weighted by Gasteiger charge is 1.90. The van der Waals surface area contributed by atoms with Crippen molar-refractivity contribution in [3.8, 4) is 11.8 Å². The van der Waals surface area contributed by atoms with Crippen LogP contribution in [0.25, 0.3) is 0 Å². The molecule has 2 N–H and O–H groups in total. The Hall–Kier alpha value is -1.30. The van der Waals surface area contributed by atoms with Crippen LogP contribution in [-0.4, -0.2) is 23.4 Å². The van der Waals surface area contributed by atoms with E-state index in [9.17, 15) is 0 Å². The predicted octanol–water partition coefficient (Wildman–Crippen LogP) is 0.565. The van der Waals surface area contributed by atoms with Crippen molar-refractivity contribution in [3.63, 3.8) is 0 Å². The molecule has 0 aliphatic heterocycles. The Morgan fingerprint density at radius 2 is 1.77 bits per heavy atom. The minimum absolute atomic E-state index is 0.113. The molecule has 0 spiro atoms. The zero-order valence-corrected chi connectivity index (χ0v) is 7.33. The van der Waals surface area contributed by atoms with Gasteiger partial charge in [-0.2, -0.15) is 0 Å². The molecular formula is C11H12O2. The fourth-order valence-corrected chi connectivity index (χ4v) is 1.03. The van der Waals surface area contributed by atoms with E-state index in [0.717, 1.165) is 11.1 Å². The van der Waals surface area contributed by atoms with Gasteiger partial charge in [0.25, 0.3) is 0 Å². The third-order valence-corrected chi connectivity index (χ3v) is 1.67. The predicted molar refractivity (Wildman–Crippen MR) is 51.2 cm³/mol. The fourth-order valence-electron chi connectivity index (χ4n) is 1.03. The Balaban J connectivity index is 2.69. The van der Waals surface area contributed by atoms with Crippen molar-refractivity contribution in [3.05, 3.63) is 35.4 Å². The Bertz CT molecular complexity index is 303. The average molecular weight is 176 g/mol. The van der Waals surface area contributed by atoms with E-state index >= 15 is 0 Å². The van der Waals surface area contributed by atoms with Gasteiger partial charge in [-0.1, -0.05) is 24.0 Å². The molecule has 0 saturated heterocycles. The number of hydrogen-bond donors (Lipinski definition) is 2. The lowest BCUT2D eigenvalue weighted by Crippen LogP contribution is -1.89. The van der Waals surface area contributed by atoms with Crippen LogP contribution in [0.15, 0.2) is 24.3 Å². The lowest BCUT2D eigenvalue weighted by atomic mass is 10.1. The van der Waals surface area contributed by atoms with Crippen LogP contribution in [0.1, 0.15) is 11.1 Å². The molecule has 68 valence electrons. The molecule has 0 amide bonds. The zero-order valence-electron chi connectivity index (χ0n) is 7.33. The summed E-state index contributed by atoms with van der Waals surface area (Å²) < 4.78 is 0. The summed E-state index contributed by atoms with van der Waals surface area (Å²) in [7, 11) is 0. The summed E-state index contributed by atoms with van der Waals surface area (Å²) in [5.41, 5.74) is 1.98. The van der Waals surface area contributed by atoms with Crippen molar-refractivity contribution in [1.82, 2.24) is 0 Å². The van der Waals surface area contributed by atoms with Crippen LogP contribution < -0.4 is 0 Å². The maximum atomic E-state index is 8.67. The van der Waals surface area contributed by atoms with Crippen LogP contribution in [0.3, 0.4) is 0 Å². The van der Waals surface area contributed by atoms with Crippen LogP contribution in [0.5, 0.6) is 0 Å². The van der Waals surface area contributed by atoms with Crippen LogP contribution in [-0.2, 0) is 6.42 Å². The summed E-state index contributed by atoms with van der Waals surface area (Å²) in [4.78, 5) is 0. The molecule has 0 heterocycles. The van der Waals surface area contributed by atoms with E-state index in [1.54, 1.807) is 0 Å². The molecule has 1 rings (SSSR count). The maximum absolute atomic E-state index is 8.67. The molecule has 0 saturated carbocycles. The molecular weight excluding hydrogens is 164 g/mol. The minimum atomic E-state index is -0.113. The number of rotatable bonds is 2. The summed E-state index contributed by atoms with van der Waals surface area (Å²) in [5, 5.41) is 17.1. The maximum Gasteiger partial charge on any atom is 0.104 e. The molecule has 0 atom stereocenters. The summed E-state index contributed by atoms with van der Waals surface area (Å²) in [6, 6.07) is 7.62. The Morgan fingerprint density at radius 3 is 2.31 bits per heavy atom. The topological polar surface area (TPSA) is 40.5 Å². The van der Waals surface area contributed by atoms with Gasteiger partial charge in [0.2, 0.25) is 0 Å². The lowest BCUT2D eigenvalue weighted by molar-refractivity contribution is 0.299. The normalized spacial score (nSPS) is 9.08. The first-order valence-corrected chi connectivity index (χ1v) is 4.16. The van der Waals surface area contributed by atoms with Crippen molar-refractivity contribution in [2.24, 2.45) is 0 Å². The van der Waals surface area contributed by atoms with E-state index in [2.05, 4.69) is 11.8 Å². The SMILES string of the molecule is OCC#Cc1ccc(CCO)cc1. The minimum Gasteiger partial charge on any atom is -0.396 e. The molecule has 0 unspecified atom stereocenters. The van der Waals surface area contributed by atoms with Gasteiger partial charge in [0.05, 0.1) is 0 Å². The number of hydrogen-bond acceptors (Lipinski definition) is 2. The molecule has 13 heavy (non-hydrogen) atoms. The van der Waals surface area contributed by atoms with Gasteiger partial charge in [-0.3, -0.25) is 0 Å². The van der Waals surface area contributed by atoms with E-state index < -0.39 is 0 Å². The molecule has 0 bridgehead atoms. The molecule has 2 heteroatoms. The highest BCUT2D eigenvalue weighted by Crippen LogP contribution is 2.03. The summed E-state index contributed by atoms with van der Waals surface area (Å²) in [6.45, 7) is 0.0556. The summed E-state index contributed by atoms with van der Waals surface area (Å²) in [5.74, 6) is 5.37. The van der Waals surface area contributed by atoms with Crippen molar-refractivity contribution in [2.45, 2.75) is 6.42 Å². The van der Waals surface area contributed by atoms with Crippen molar-refractivity contribution >= 4 is 0 Å². The second-order valence-electron chi connectivity index (χ2n) is 2.63. The average Bonchev–Trinajstić information content (AvgIpc) is 2.17. The Labute approximate surface area is 77.8 Å². The van der Waals surface area contributed by atoms with Crippen molar-refractivity contribution < 1.29 is 10.2 Å². The Kier molecular flexibility index (Phi) is 4.04. The third kappa shape index (κ3) is 3.29. The smallest absolute Gasteiger partial charge is 0.104 e. The van der Waals surface area contributed by atoms with Crippen LogP contribution in [0.4, 0.5) is 0 Å². The number of benzene rings is 1. The van der Waals surface area contributed by atoms with E-state index in [1.807, 2.05) is 24.3 Å². The first-order valence-electron chi connectivity index (χ1n) is 4.16. The molecule has 0 aromatic heterocycles. The van der Waals surface area contributed by atoms with E-state index in [-0.39, 0.29) is 13.2 Å². The van der Waals surface area contributed by atoms with E-state index in [1.165, 1.54) is 0 Å². The first-order chi connectivity index (χ1) is 6.36. The molecule has 0 aliphatic carbocycles. The Morgan fingerprint density at radius 1 is 1.08 bits per heavy atom. The van der Waals surface area contributed by atoms with Gasteiger partial charge in [0.1, 0.15) is 6.61 Å². The molecule has 0 radical (unpaired) electrons. The molecule has 1 aromatic carbocycles. The fraction of sp³-hybridized carbons (Fsp3) is 0.273. The van der Waals surface area contributed by atoms with E-state index in [0.29, 0.717) is 6.42 Å². The highest BCUT2D eigenvalue weighted by atomic mass is 16.3. The van der Waals surface area contributed by atoms with E-state index in [4.69, 9.17) is 10.2 Å². The second kappa shape index (κ2) is 5.36. The lowest BCUT2D eigenvalue weighted by Gasteiger charge is -1.96. The van der Waals surface area contributed by atoms with Gasteiger partial charge in [0.15, 0.2) is 0 Å². The van der Waals surface area contributed by atoms with Crippen molar-refractivity contribution in [1.29, 1.82) is 0 Å². The third-order valence-electron chi connectivity index (χ3n) is 1.67. The van der Waals surface area contributed by atoms with Crippen LogP contribution >= 0.6 is 0 Å². The van der Waals surface area contributed by atoms with Gasteiger partial charge in [-0.05, 0) is 24.1 Å². The molecule has 0 aliphatic rings. The zero-order chi connectivity index (χ0) is 9.52. The summed E-state index contributed by atoms with van der Waals surface area (Å²) in [6.07, 6.45) is 0.674. The van der Waals surface area contributed by atoms with Gasteiger partial charge >= 0.3 is 0 Å². The first kappa shape index (κ1) is 9.79. The highest BCUT2D eigenvalue weighted by molar-refractivity contribution is 5.36. The van der Waals surface area contributed by atoms with Gasteiger partial charge in [-0.25, -0.2) is 0 Å². The monoisotopic (exact) mass is 176 g/mol. The van der Waals surface area contributed by atoms with Crippen LogP contribution in [0.2, 0.25) is 0 Å². The number of aliphatic hydroxyl groups is 2. The number of aliphatic hydroxyl groups excluding tert-OH is 2. The van der Waals surface area contributed by atoms with Crippen LogP contribution in [0, 0.1) is 11.8 Å². The molecule has 0 fully saturated rings. The van der Waals surface area contributed by atoms with Gasteiger partial charge < -0.3 is 10.2 Å². The second-order valence-corrected chi connectivity index (χ2v) is 2.63. The quantitative estimate of drug-likeness (QED) is 0.646. The van der Waals surface area contributed by atoms with Gasteiger partial charge in [0, 0.05) is 12.2 Å². The van der Waals surface area contributed by atoms with Crippen molar-refractivity contribution in [2.75, 3.05) is 13.2 Å². The molecule has 2 nitrogen and oxygen atoms in total. The largest absolute Gasteiger partial charge is 0.396 e. The molecule has 1 aromatic rings.